The Hall–Kier alpha value is -4.72. The van der Waals surface area contributed by atoms with Crippen molar-refractivity contribution in [1.29, 1.82) is 0 Å². The number of aliphatic carboxylic acids is 1. The molecule has 3 N–H and O–H groups in total. The van der Waals surface area contributed by atoms with Crippen LogP contribution in [0.25, 0.3) is 0 Å². The average molecular weight is 706 g/mol. The Morgan fingerprint density at radius 2 is 1.16 bits per heavy atom. The number of aliphatic hydroxyl groups excluding tert-OH is 1. The lowest BCUT2D eigenvalue weighted by Crippen LogP contribution is -2.65. The molecule has 4 aromatic carbocycles. The van der Waals surface area contributed by atoms with Gasteiger partial charge in [-0.15, -0.1) is 0 Å². The molecular weight excluding hydrogens is 664 g/mol. The first-order valence-electron chi connectivity index (χ1n) is 16.5. The Labute approximate surface area is 294 Å². The van der Waals surface area contributed by atoms with Crippen molar-refractivity contribution in [2.45, 2.75) is 75.3 Å². The van der Waals surface area contributed by atoms with E-state index in [0.717, 1.165) is 16.7 Å². The molecule has 1 aliphatic heterocycles. The van der Waals surface area contributed by atoms with Gasteiger partial charge >= 0.3 is 12.1 Å². The molecule has 1 unspecified atom stereocenters. The minimum Gasteiger partial charge on any atom is -0.480 e. The predicted octanol–water partition coefficient (Wildman–Crippen LogP) is 5.91. The Morgan fingerprint density at radius 3 is 1.65 bits per heavy atom. The van der Waals surface area contributed by atoms with Gasteiger partial charge in [0, 0.05) is 6.42 Å². The monoisotopic (exact) mass is 705 g/mol. The zero-order valence-corrected chi connectivity index (χ0v) is 27.8. The molecule has 0 saturated carbocycles. The number of carbonyl (C=O) groups excluding carboxylic acids is 1. The number of carboxylic acid groups (broad SMARTS) is 1. The minimum absolute atomic E-state index is 0.0454. The Morgan fingerprint density at radius 1 is 0.706 bits per heavy atom. The summed E-state index contributed by atoms with van der Waals surface area (Å²) in [5, 5.41) is 23.4. The molecule has 1 fully saturated rings. The van der Waals surface area contributed by atoms with Gasteiger partial charge in [-0.3, -0.25) is 0 Å². The second-order valence-corrected chi connectivity index (χ2v) is 12.2. The fourth-order valence-corrected chi connectivity index (χ4v) is 5.70. The summed E-state index contributed by atoms with van der Waals surface area (Å²) in [7, 11) is 0. The maximum Gasteiger partial charge on any atom is 0.408 e. The van der Waals surface area contributed by atoms with Crippen LogP contribution in [0, 0.1) is 0 Å². The molecule has 0 bridgehead atoms. The van der Waals surface area contributed by atoms with Crippen molar-refractivity contribution in [2.24, 2.45) is 0 Å². The smallest absolute Gasteiger partial charge is 0.408 e. The van der Waals surface area contributed by atoms with Crippen molar-refractivity contribution < 1.29 is 52.3 Å². The summed E-state index contributed by atoms with van der Waals surface area (Å²) in [4.78, 5) is 24.6. The van der Waals surface area contributed by atoms with Crippen LogP contribution in [0.3, 0.4) is 0 Å². The minimum atomic E-state index is -3.99. The van der Waals surface area contributed by atoms with E-state index in [1.54, 1.807) is 54.6 Å². The van der Waals surface area contributed by atoms with Crippen molar-refractivity contribution in [3.8, 4) is 0 Å². The third-order valence-electron chi connectivity index (χ3n) is 8.32. The van der Waals surface area contributed by atoms with Gasteiger partial charge in [-0.2, -0.15) is 0 Å². The number of hydrogen-bond acceptors (Lipinski definition) is 8. The van der Waals surface area contributed by atoms with Crippen LogP contribution in [0.5, 0.6) is 0 Å². The fourth-order valence-electron chi connectivity index (χ4n) is 5.70. The number of hydrogen-bond donors (Lipinski definition) is 3. The van der Waals surface area contributed by atoms with Gasteiger partial charge in [0.25, 0.3) is 5.92 Å². The number of rotatable bonds is 17. The molecule has 1 aliphatic rings. The number of carboxylic acids is 1. The van der Waals surface area contributed by atoms with E-state index >= 15 is 8.78 Å². The summed E-state index contributed by atoms with van der Waals surface area (Å²) < 4.78 is 61.8. The summed E-state index contributed by atoms with van der Waals surface area (Å²) >= 11 is 0. The molecule has 6 atom stereocenters. The van der Waals surface area contributed by atoms with Crippen LogP contribution in [-0.2, 0) is 54.9 Å². The van der Waals surface area contributed by atoms with E-state index in [1.165, 1.54) is 0 Å². The van der Waals surface area contributed by atoms with E-state index < -0.39 is 61.0 Å². The third kappa shape index (κ3) is 11.1. The molecule has 5 rings (SSSR count). The highest BCUT2D eigenvalue weighted by atomic mass is 19.3. The van der Waals surface area contributed by atoms with E-state index in [9.17, 15) is 19.8 Å². The van der Waals surface area contributed by atoms with Gasteiger partial charge in [0.05, 0.1) is 26.4 Å². The lowest BCUT2D eigenvalue weighted by Gasteiger charge is -2.46. The fraction of sp³-hybridized carbons (Fsp3) is 0.333. The summed E-state index contributed by atoms with van der Waals surface area (Å²) in [5.41, 5.74) is 2.97. The van der Waals surface area contributed by atoms with Gasteiger partial charge in [-0.25, -0.2) is 18.4 Å². The molecule has 1 amide bonds. The normalized spacial score (nSPS) is 21.0. The summed E-state index contributed by atoms with van der Waals surface area (Å²) in [6, 6.07) is 33.9. The Balaban J connectivity index is 1.36. The lowest BCUT2D eigenvalue weighted by atomic mass is 9.89. The number of amides is 1. The molecule has 0 spiro atoms. The van der Waals surface area contributed by atoms with E-state index in [4.69, 9.17) is 23.7 Å². The zero-order chi connectivity index (χ0) is 36.1. The topological polar surface area (TPSA) is 133 Å². The van der Waals surface area contributed by atoms with Crippen molar-refractivity contribution in [2.75, 3.05) is 6.61 Å². The highest BCUT2D eigenvalue weighted by Gasteiger charge is 2.57. The van der Waals surface area contributed by atoms with Crippen LogP contribution in [0.15, 0.2) is 121 Å². The largest absolute Gasteiger partial charge is 0.480 e. The number of halogens is 2. The predicted molar refractivity (Wildman–Crippen MR) is 182 cm³/mol. The van der Waals surface area contributed by atoms with Crippen LogP contribution in [0.4, 0.5) is 13.6 Å². The van der Waals surface area contributed by atoms with Crippen molar-refractivity contribution >= 4 is 12.1 Å². The van der Waals surface area contributed by atoms with Crippen molar-refractivity contribution in [3.63, 3.8) is 0 Å². The van der Waals surface area contributed by atoms with Gasteiger partial charge in [0.2, 0.25) is 0 Å². The summed E-state index contributed by atoms with van der Waals surface area (Å²) in [6.07, 6.45) is -10.5. The van der Waals surface area contributed by atoms with Gasteiger partial charge in [0.1, 0.15) is 43.2 Å². The number of ether oxygens (including phenoxy) is 5. The van der Waals surface area contributed by atoms with Crippen LogP contribution < -0.4 is 5.32 Å². The van der Waals surface area contributed by atoms with Gasteiger partial charge in [-0.1, -0.05) is 121 Å². The molecule has 4 aromatic rings. The second-order valence-electron chi connectivity index (χ2n) is 12.2. The quantitative estimate of drug-likeness (QED) is 0.123. The summed E-state index contributed by atoms with van der Waals surface area (Å²) in [6.45, 7) is -0.267. The summed E-state index contributed by atoms with van der Waals surface area (Å²) in [5.74, 6) is -5.72. The van der Waals surface area contributed by atoms with Crippen LogP contribution in [0.2, 0.25) is 0 Å². The van der Waals surface area contributed by atoms with Gasteiger partial charge in [-0.05, 0) is 22.3 Å². The molecule has 0 aliphatic carbocycles. The second kappa shape index (κ2) is 18.5. The van der Waals surface area contributed by atoms with E-state index in [-0.39, 0.29) is 33.0 Å². The van der Waals surface area contributed by atoms with E-state index in [0.29, 0.717) is 5.56 Å². The first-order valence-corrected chi connectivity index (χ1v) is 16.5. The number of nitrogens with one attached hydrogen (secondary N) is 1. The molecule has 12 heteroatoms. The van der Waals surface area contributed by atoms with Crippen molar-refractivity contribution in [3.05, 3.63) is 144 Å². The average Bonchev–Trinajstić information content (AvgIpc) is 3.14. The SMILES string of the molecule is O=C(NC(CC(F)(F)[C@H]1O[C@H](COCc2ccccc2)[C@H](OCc2ccccc2)[C@H](OCc2ccccc2)[C@H]1O)C(=O)O)OCc1ccccc1. The number of aliphatic hydroxyl groups is 1. The van der Waals surface area contributed by atoms with Crippen LogP contribution >= 0.6 is 0 Å². The molecule has 0 aromatic heterocycles. The first-order chi connectivity index (χ1) is 24.7. The lowest BCUT2D eigenvalue weighted by molar-refractivity contribution is -0.301. The number of carbonyl (C=O) groups is 2. The van der Waals surface area contributed by atoms with Gasteiger partial charge in [0.15, 0.2) is 0 Å². The number of alkyl halides is 2. The highest BCUT2D eigenvalue weighted by molar-refractivity contribution is 5.80. The van der Waals surface area contributed by atoms with Gasteiger partial charge < -0.3 is 39.2 Å². The first kappa shape index (κ1) is 37.5. The third-order valence-corrected chi connectivity index (χ3v) is 8.32. The van der Waals surface area contributed by atoms with E-state index in [1.807, 2.05) is 72.0 Å². The molecule has 51 heavy (non-hydrogen) atoms. The Kier molecular flexibility index (Phi) is 13.6. The molecule has 270 valence electrons. The maximum atomic E-state index is 16.3. The molecule has 0 radical (unpaired) electrons. The standard InChI is InChI=1S/C39H41F2NO9/c40-39(41,21-31(37(44)45)42-38(46)50-25-30-19-11-4-12-20-30)36-33(43)35(49-24-29-17-9-3-10-18-29)34(48-23-28-15-7-2-8-16-28)32(51-36)26-47-22-27-13-5-1-6-14-27/h1-20,31-36,43H,21-26H2,(H,42,46)(H,44,45)/t31?,32-,33-,34+,35-,36+/m1/s1. The molecule has 1 heterocycles. The molecule has 1 saturated heterocycles. The molecular formula is C39H41F2NO9. The number of benzene rings is 4. The Bertz CT molecular complexity index is 1630. The maximum absolute atomic E-state index is 16.3. The van der Waals surface area contributed by atoms with Crippen molar-refractivity contribution in [1.82, 2.24) is 5.32 Å². The highest BCUT2D eigenvalue weighted by Crippen LogP contribution is 2.38. The van der Waals surface area contributed by atoms with E-state index in [2.05, 4.69) is 0 Å². The van der Waals surface area contributed by atoms with Crippen LogP contribution in [0.1, 0.15) is 28.7 Å². The van der Waals surface area contributed by atoms with Crippen LogP contribution in [-0.4, -0.2) is 71.4 Å². The molecule has 10 nitrogen and oxygen atoms in total. The zero-order valence-electron chi connectivity index (χ0n) is 27.8. The number of alkyl carbamates (subject to hydrolysis) is 1.